The molecule has 0 saturated carbocycles. The topological polar surface area (TPSA) is 54.7 Å². The van der Waals surface area contributed by atoms with Gasteiger partial charge in [0.25, 0.3) is 5.91 Å². The van der Waals surface area contributed by atoms with Gasteiger partial charge in [0.1, 0.15) is 22.9 Å². The lowest BCUT2D eigenvalue weighted by molar-refractivity contribution is -0.123. The molecule has 0 aliphatic carbocycles. The molecule has 30 heavy (non-hydrogen) atoms. The quantitative estimate of drug-likeness (QED) is 0.567. The van der Waals surface area contributed by atoms with E-state index in [-0.39, 0.29) is 29.3 Å². The number of hydrogen-bond acceptors (Lipinski definition) is 4. The van der Waals surface area contributed by atoms with E-state index >= 15 is 0 Å². The molecule has 1 amide bonds. The van der Waals surface area contributed by atoms with E-state index in [4.69, 9.17) is 32.4 Å². The molecule has 0 radical (unpaired) electrons. The zero-order valence-electron chi connectivity index (χ0n) is 16.2. The number of nitrogens with one attached hydrogen (secondary N) is 1. The van der Waals surface area contributed by atoms with Crippen molar-refractivity contribution in [2.75, 3.05) is 26.2 Å². The van der Waals surface area contributed by atoms with Crippen LogP contribution in [0, 0.1) is 5.82 Å². The Morgan fingerprint density at radius 3 is 2.93 bits per heavy atom. The fourth-order valence-electron chi connectivity index (χ4n) is 3.60. The summed E-state index contributed by atoms with van der Waals surface area (Å²) in [4.78, 5) is 14.4. The first-order valence-electron chi connectivity index (χ1n) is 9.74. The average Bonchev–Trinajstić information content (AvgIpc) is 3.33. The predicted octanol–water partition coefficient (Wildman–Crippen LogP) is 4.69. The number of carbonyl (C=O) groups excluding carboxylic acids is 1. The third-order valence-electron chi connectivity index (χ3n) is 5.10. The zero-order chi connectivity index (χ0) is 21.1. The summed E-state index contributed by atoms with van der Waals surface area (Å²) in [5.41, 5.74) is 0.835. The molecule has 4 rings (SSSR count). The highest BCUT2D eigenvalue weighted by atomic mass is 35.5. The zero-order valence-corrected chi connectivity index (χ0v) is 17.7. The van der Waals surface area contributed by atoms with Gasteiger partial charge in [0.05, 0.1) is 5.02 Å². The lowest BCUT2D eigenvalue weighted by atomic mass is 10.2. The molecule has 1 N–H and O–H groups in total. The number of carbonyl (C=O) groups is 1. The first-order valence-corrected chi connectivity index (χ1v) is 10.5. The minimum atomic E-state index is -0.575. The van der Waals surface area contributed by atoms with Crippen molar-refractivity contribution in [3.05, 3.63) is 64.1 Å². The van der Waals surface area contributed by atoms with Crippen LogP contribution in [0.3, 0.4) is 0 Å². The van der Waals surface area contributed by atoms with Crippen LogP contribution in [0.15, 0.2) is 46.9 Å². The van der Waals surface area contributed by atoms with E-state index in [0.717, 1.165) is 49.2 Å². The molecular formula is C22H21Cl2FN2O3. The number of fused-ring (bicyclic) bond motifs is 1. The number of hydrogen-bond donors (Lipinski definition) is 1. The Balaban J connectivity index is 1.21. The van der Waals surface area contributed by atoms with Crippen molar-refractivity contribution in [1.82, 2.24) is 10.2 Å². The summed E-state index contributed by atoms with van der Waals surface area (Å²) < 4.78 is 24.6. The summed E-state index contributed by atoms with van der Waals surface area (Å²) in [5, 5.41) is 4.68. The molecule has 1 unspecified atom stereocenters. The molecule has 3 aromatic rings. The lowest BCUT2D eigenvalue weighted by Crippen LogP contribution is -2.39. The molecule has 1 fully saturated rings. The second kappa shape index (κ2) is 9.25. The number of furan rings is 1. The molecule has 1 aromatic heterocycles. The van der Waals surface area contributed by atoms with Gasteiger partial charge in [0, 0.05) is 48.6 Å². The number of rotatable bonds is 7. The van der Waals surface area contributed by atoms with Crippen molar-refractivity contribution in [3.8, 4) is 5.75 Å². The van der Waals surface area contributed by atoms with Crippen LogP contribution in [-0.4, -0.2) is 43.1 Å². The van der Waals surface area contributed by atoms with Crippen LogP contribution in [-0.2, 0) is 11.2 Å². The molecule has 0 spiro atoms. The molecule has 1 atom stereocenters. The number of nitrogens with zero attached hydrogens (tertiary/aromatic N) is 1. The van der Waals surface area contributed by atoms with Crippen LogP contribution in [0.5, 0.6) is 5.75 Å². The van der Waals surface area contributed by atoms with Gasteiger partial charge >= 0.3 is 0 Å². The Labute approximate surface area is 183 Å². The molecule has 1 saturated heterocycles. The molecule has 1 aliphatic rings. The van der Waals surface area contributed by atoms with E-state index < -0.39 is 5.82 Å². The molecule has 1 aliphatic heterocycles. The average molecular weight is 451 g/mol. The number of halogens is 3. The van der Waals surface area contributed by atoms with Gasteiger partial charge in [-0.2, -0.15) is 0 Å². The summed E-state index contributed by atoms with van der Waals surface area (Å²) in [5.74, 6) is 0.385. The highest BCUT2D eigenvalue weighted by molar-refractivity contribution is 6.31. The molecular weight excluding hydrogens is 430 g/mol. The highest BCUT2D eigenvalue weighted by Crippen LogP contribution is 2.24. The van der Waals surface area contributed by atoms with Gasteiger partial charge in [-0.15, -0.1) is 0 Å². The Bertz CT molecular complexity index is 1060. The van der Waals surface area contributed by atoms with Gasteiger partial charge in [-0.05, 0) is 42.8 Å². The van der Waals surface area contributed by atoms with Gasteiger partial charge in [-0.25, -0.2) is 4.39 Å². The Kier molecular flexibility index (Phi) is 6.46. The highest BCUT2D eigenvalue weighted by Gasteiger charge is 2.24. The predicted molar refractivity (Wildman–Crippen MR) is 115 cm³/mol. The van der Waals surface area contributed by atoms with E-state index in [1.165, 1.54) is 18.2 Å². The summed E-state index contributed by atoms with van der Waals surface area (Å²) in [6, 6.07) is 11.8. The normalized spacial score (nSPS) is 16.8. The van der Waals surface area contributed by atoms with Crippen LogP contribution in [0.25, 0.3) is 11.0 Å². The molecule has 2 heterocycles. The number of ether oxygens (including phenoxy) is 1. The Hall–Kier alpha value is -2.28. The maximum Gasteiger partial charge on any atom is 0.258 e. The van der Waals surface area contributed by atoms with E-state index in [9.17, 15) is 9.18 Å². The van der Waals surface area contributed by atoms with Gasteiger partial charge in [-0.1, -0.05) is 23.2 Å². The SMILES string of the molecule is O=C(COc1ccc(Cl)c(F)c1)NC1CCN(CCc2cc3cc(Cl)ccc3o2)C1. The lowest BCUT2D eigenvalue weighted by Gasteiger charge is -2.16. The smallest absolute Gasteiger partial charge is 0.258 e. The molecule has 2 aromatic carbocycles. The van der Waals surface area contributed by atoms with E-state index in [2.05, 4.69) is 10.2 Å². The standard InChI is InChI=1S/C22H21Cl2FN2O3/c23-15-1-4-21-14(9-15)10-18(30-21)6-8-27-7-5-16(12-27)26-22(28)13-29-17-2-3-19(24)20(25)11-17/h1-4,9-11,16H,5-8,12-13H2,(H,26,28). The van der Waals surface area contributed by atoms with Crippen LogP contribution < -0.4 is 10.1 Å². The fourth-order valence-corrected chi connectivity index (χ4v) is 3.90. The van der Waals surface area contributed by atoms with Gasteiger partial charge in [0.2, 0.25) is 0 Å². The second-order valence-corrected chi connectivity index (χ2v) is 8.21. The fraction of sp³-hybridized carbons (Fsp3) is 0.318. The molecule has 0 bridgehead atoms. The number of amides is 1. The Morgan fingerprint density at radius 2 is 2.10 bits per heavy atom. The van der Waals surface area contributed by atoms with Gasteiger partial charge in [0.15, 0.2) is 6.61 Å². The summed E-state index contributed by atoms with van der Waals surface area (Å²) in [6.45, 7) is 2.35. The van der Waals surface area contributed by atoms with Crippen molar-refractivity contribution in [2.45, 2.75) is 18.9 Å². The van der Waals surface area contributed by atoms with Crippen molar-refractivity contribution >= 4 is 40.1 Å². The van der Waals surface area contributed by atoms with Crippen molar-refractivity contribution in [3.63, 3.8) is 0 Å². The minimum absolute atomic E-state index is 0.0179. The van der Waals surface area contributed by atoms with Crippen molar-refractivity contribution < 1.29 is 18.3 Å². The maximum absolute atomic E-state index is 13.4. The first kappa shape index (κ1) is 21.0. The van der Waals surface area contributed by atoms with Gasteiger partial charge in [-0.3, -0.25) is 4.79 Å². The van der Waals surface area contributed by atoms with Crippen LogP contribution in [0.2, 0.25) is 10.0 Å². The summed E-state index contributed by atoms with van der Waals surface area (Å²) >= 11 is 11.7. The minimum Gasteiger partial charge on any atom is -0.484 e. The van der Waals surface area contributed by atoms with Crippen LogP contribution in [0.1, 0.15) is 12.2 Å². The first-order chi connectivity index (χ1) is 14.5. The van der Waals surface area contributed by atoms with Gasteiger partial charge < -0.3 is 19.4 Å². The molecule has 158 valence electrons. The Morgan fingerprint density at radius 1 is 1.23 bits per heavy atom. The molecule has 5 nitrogen and oxygen atoms in total. The van der Waals surface area contributed by atoms with Crippen molar-refractivity contribution in [1.29, 1.82) is 0 Å². The van der Waals surface area contributed by atoms with Crippen LogP contribution >= 0.6 is 23.2 Å². The summed E-state index contributed by atoms with van der Waals surface area (Å²) in [6.07, 6.45) is 1.66. The van der Waals surface area contributed by atoms with E-state index in [1.54, 1.807) is 0 Å². The third kappa shape index (κ3) is 5.25. The number of likely N-dealkylation sites (tertiary alicyclic amines) is 1. The van der Waals surface area contributed by atoms with Crippen molar-refractivity contribution in [2.24, 2.45) is 0 Å². The van der Waals surface area contributed by atoms with E-state index in [0.29, 0.717) is 5.02 Å². The van der Waals surface area contributed by atoms with E-state index in [1.807, 2.05) is 24.3 Å². The summed E-state index contributed by atoms with van der Waals surface area (Å²) in [7, 11) is 0. The molecule has 8 heteroatoms. The second-order valence-electron chi connectivity index (χ2n) is 7.36. The number of benzene rings is 2. The maximum atomic E-state index is 13.4. The monoisotopic (exact) mass is 450 g/mol. The largest absolute Gasteiger partial charge is 0.484 e. The van der Waals surface area contributed by atoms with Crippen LogP contribution in [0.4, 0.5) is 4.39 Å². The third-order valence-corrected chi connectivity index (χ3v) is 5.64.